The molecule has 0 spiro atoms. The van der Waals surface area contributed by atoms with Crippen LogP contribution in [-0.2, 0) is 16.1 Å². The van der Waals surface area contributed by atoms with Crippen LogP contribution in [0.3, 0.4) is 0 Å². The van der Waals surface area contributed by atoms with Gasteiger partial charge in [0.2, 0.25) is 0 Å². The molecular weight excluding hydrogens is 268 g/mol. The normalized spacial score (nSPS) is 27.3. The first-order chi connectivity index (χ1) is 10.2. The van der Waals surface area contributed by atoms with Crippen molar-refractivity contribution in [2.24, 2.45) is 0 Å². The number of aryl methyl sites for hydroxylation is 2. The maximum atomic E-state index is 6.12. The maximum absolute atomic E-state index is 6.12. The number of nitrogens with zero attached hydrogens (tertiary/aromatic N) is 1. The zero-order valence-electron chi connectivity index (χ0n) is 13.1. The van der Waals surface area contributed by atoms with Crippen molar-refractivity contribution in [1.29, 1.82) is 0 Å². The van der Waals surface area contributed by atoms with Crippen LogP contribution in [0, 0.1) is 13.8 Å². The first kappa shape index (κ1) is 15.0. The van der Waals surface area contributed by atoms with Crippen LogP contribution in [0.25, 0.3) is 0 Å². The van der Waals surface area contributed by atoms with Gasteiger partial charge in [-0.2, -0.15) is 0 Å². The standard InChI is InChI=1S/C16H26N2O3/c1-11-14(12(2)21-18-11)9-20-16-10-19-8-7-15(16)17-13-5-3-4-6-13/h13,15-17H,3-10H2,1-2H3/t15-,16-/m1/s1. The molecule has 0 unspecified atom stereocenters. The van der Waals surface area contributed by atoms with Gasteiger partial charge in [-0.25, -0.2) is 0 Å². The molecule has 0 radical (unpaired) electrons. The summed E-state index contributed by atoms with van der Waals surface area (Å²) in [6.45, 7) is 5.95. The summed E-state index contributed by atoms with van der Waals surface area (Å²) in [7, 11) is 0. The minimum atomic E-state index is 0.119. The third-order valence-electron chi connectivity index (χ3n) is 4.73. The minimum absolute atomic E-state index is 0.119. The van der Waals surface area contributed by atoms with E-state index in [2.05, 4.69) is 10.5 Å². The van der Waals surface area contributed by atoms with Crippen LogP contribution in [0.1, 0.15) is 49.1 Å². The number of rotatable bonds is 5. The molecule has 118 valence electrons. The topological polar surface area (TPSA) is 56.5 Å². The Balaban J connectivity index is 1.56. The van der Waals surface area contributed by atoms with Gasteiger partial charge < -0.3 is 19.3 Å². The number of aromatic nitrogens is 1. The summed E-state index contributed by atoms with van der Waals surface area (Å²) in [4.78, 5) is 0. The first-order valence-electron chi connectivity index (χ1n) is 8.11. The first-order valence-corrected chi connectivity index (χ1v) is 8.11. The van der Waals surface area contributed by atoms with Crippen molar-refractivity contribution in [3.8, 4) is 0 Å². The van der Waals surface area contributed by atoms with Gasteiger partial charge in [-0.05, 0) is 33.1 Å². The summed E-state index contributed by atoms with van der Waals surface area (Å²) in [5, 5.41) is 7.76. The molecule has 0 bridgehead atoms. The predicted molar refractivity (Wildman–Crippen MR) is 79.2 cm³/mol. The van der Waals surface area contributed by atoms with Crippen LogP contribution in [0.5, 0.6) is 0 Å². The lowest BCUT2D eigenvalue weighted by molar-refractivity contribution is -0.0777. The molecule has 2 aliphatic rings. The highest BCUT2D eigenvalue weighted by molar-refractivity contribution is 5.19. The van der Waals surface area contributed by atoms with E-state index in [4.69, 9.17) is 14.0 Å². The van der Waals surface area contributed by atoms with Gasteiger partial charge in [0, 0.05) is 24.3 Å². The molecule has 1 aliphatic heterocycles. The SMILES string of the molecule is Cc1noc(C)c1CO[C@@H]1COCC[C@H]1NC1CCCC1. The summed E-state index contributed by atoms with van der Waals surface area (Å²) in [5.41, 5.74) is 1.99. The van der Waals surface area contributed by atoms with E-state index in [0.717, 1.165) is 30.0 Å². The zero-order valence-corrected chi connectivity index (χ0v) is 13.1. The van der Waals surface area contributed by atoms with E-state index in [1.54, 1.807) is 0 Å². The Bertz CT molecular complexity index is 435. The molecule has 5 nitrogen and oxygen atoms in total. The minimum Gasteiger partial charge on any atom is -0.379 e. The summed E-state index contributed by atoms with van der Waals surface area (Å²) < 4.78 is 16.9. The number of ether oxygens (including phenoxy) is 2. The second-order valence-electron chi connectivity index (χ2n) is 6.27. The third kappa shape index (κ3) is 3.65. The largest absolute Gasteiger partial charge is 0.379 e. The molecule has 1 aliphatic carbocycles. The van der Waals surface area contributed by atoms with Gasteiger partial charge in [0.1, 0.15) is 5.76 Å². The van der Waals surface area contributed by atoms with E-state index in [1.165, 1.54) is 25.7 Å². The maximum Gasteiger partial charge on any atom is 0.139 e. The molecular formula is C16H26N2O3. The number of hydrogen-bond donors (Lipinski definition) is 1. The predicted octanol–water partition coefficient (Wildman–Crippen LogP) is 2.50. The number of hydrogen-bond acceptors (Lipinski definition) is 5. The molecule has 3 rings (SSSR count). The van der Waals surface area contributed by atoms with Crippen LogP contribution < -0.4 is 5.32 Å². The van der Waals surface area contributed by atoms with Gasteiger partial charge >= 0.3 is 0 Å². The average Bonchev–Trinajstić information content (AvgIpc) is 3.10. The van der Waals surface area contributed by atoms with E-state index in [-0.39, 0.29) is 6.10 Å². The van der Waals surface area contributed by atoms with E-state index in [1.807, 2.05) is 13.8 Å². The molecule has 1 aromatic rings. The molecule has 1 saturated heterocycles. The van der Waals surface area contributed by atoms with E-state index in [9.17, 15) is 0 Å². The van der Waals surface area contributed by atoms with Crippen molar-refractivity contribution >= 4 is 0 Å². The smallest absolute Gasteiger partial charge is 0.139 e. The van der Waals surface area contributed by atoms with Gasteiger partial charge in [0.15, 0.2) is 0 Å². The van der Waals surface area contributed by atoms with Gasteiger partial charge in [-0.1, -0.05) is 18.0 Å². The third-order valence-corrected chi connectivity index (χ3v) is 4.73. The highest BCUT2D eigenvalue weighted by atomic mass is 16.5. The molecule has 2 fully saturated rings. The Morgan fingerprint density at radius 3 is 2.76 bits per heavy atom. The zero-order chi connectivity index (χ0) is 14.7. The van der Waals surface area contributed by atoms with Crippen LogP contribution in [0.2, 0.25) is 0 Å². The summed E-state index contributed by atoms with van der Waals surface area (Å²) in [6.07, 6.45) is 6.45. The van der Waals surface area contributed by atoms with E-state index < -0.39 is 0 Å². The van der Waals surface area contributed by atoms with Gasteiger partial charge in [0.05, 0.1) is 25.0 Å². The molecule has 1 aromatic heterocycles. The van der Waals surface area contributed by atoms with Crippen LogP contribution in [0.4, 0.5) is 0 Å². The van der Waals surface area contributed by atoms with Crippen LogP contribution in [0.15, 0.2) is 4.52 Å². The second-order valence-corrected chi connectivity index (χ2v) is 6.27. The van der Waals surface area contributed by atoms with Gasteiger partial charge in [-0.15, -0.1) is 0 Å². The Hall–Kier alpha value is -0.910. The Morgan fingerprint density at radius 1 is 1.24 bits per heavy atom. The molecule has 0 amide bonds. The summed E-state index contributed by atoms with van der Waals surface area (Å²) in [5.74, 6) is 0.851. The number of nitrogens with one attached hydrogen (secondary N) is 1. The van der Waals surface area contributed by atoms with Crippen molar-refractivity contribution in [1.82, 2.24) is 10.5 Å². The fourth-order valence-electron chi connectivity index (χ4n) is 3.36. The fourth-order valence-corrected chi connectivity index (χ4v) is 3.36. The molecule has 1 N–H and O–H groups in total. The van der Waals surface area contributed by atoms with Crippen molar-refractivity contribution in [2.45, 2.75) is 70.7 Å². The molecule has 21 heavy (non-hydrogen) atoms. The highest BCUT2D eigenvalue weighted by Gasteiger charge is 2.29. The molecule has 1 saturated carbocycles. The van der Waals surface area contributed by atoms with Crippen molar-refractivity contribution < 1.29 is 14.0 Å². The average molecular weight is 294 g/mol. The van der Waals surface area contributed by atoms with Crippen molar-refractivity contribution in [3.63, 3.8) is 0 Å². The lowest BCUT2D eigenvalue weighted by Crippen LogP contribution is -2.50. The highest BCUT2D eigenvalue weighted by Crippen LogP contribution is 2.22. The van der Waals surface area contributed by atoms with Crippen molar-refractivity contribution in [3.05, 3.63) is 17.0 Å². The molecule has 2 heterocycles. The van der Waals surface area contributed by atoms with E-state index in [0.29, 0.717) is 25.3 Å². The monoisotopic (exact) mass is 294 g/mol. The Morgan fingerprint density at radius 2 is 2.05 bits per heavy atom. The van der Waals surface area contributed by atoms with Crippen LogP contribution in [-0.4, -0.2) is 36.6 Å². The summed E-state index contributed by atoms with van der Waals surface area (Å²) >= 11 is 0. The lowest BCUT2D eigenvalue weighted by Gasteiger charge is -2.34. The lowest BCUT2D eigenvalue weighted by atomic mass is 10.0. The second kappa shape index (κ2) is 6.90. The fraction of sp³-hybridized carbons (Fsp3) is 0.812. The van der Waals surface area contributed by atoms with Gasteiger partial charge in [0.25, 0.3) is 0 Å². The summed E-state index contributed by atoms with van der Waals surface area (Å²) in [6, 6.07) is 1.07. The quantitative estimate of drug-likeness (QED) is 0.904. The molecule has 5 heteroatoms. The molecule has 0 aromatic carbocycles. The Kier molecular flexibility index (Phi) is 4.93. The van der Waals surface area contributed by atoms with Crippen LogP contribution >= 0.6 is 0 Å². The molecule has 2 atom stereocenters. The van der Waals surface area contributed by atoms with Crippen molar-refractivity contribution in [2.75, 3.05) is 13.2 Å². The van der Waals surface area contributed by atoms with Gasteiger partial charge in [-0.3, -0.25) is 0 Å². The van der Waals surface area contributed by atoms with E-state index >= 15 is 0 Å². The Labute approximate surface area is 126 Å².